The lowest BCUT2D eigenvalue weighted by Crippen LogP contribution is -2.39. The number of nitrogens with one attached hydrogen (secondary N) is 1. The van der Waals surface area contributed by atoms with Gasteiger partial charge >= 0.3 is 0 Å². The Labute approximate surface area is 126 Å². The zero-order chi connectivity index (χ0) is 13.9. The number of benzene rings is 2. The van der Waals surface area contributed by atoms with Crippen molar-refractivity contribution in [1.29, 1.82) is 0 Å². The summed E-state index contributed by atoms with van der Waals surface area (Å²) in [6.07, 6.45) is 2.49. The van der Waals surface area contributed by atoms with Crippen molar-refractivity contribution in [1.82, 2.24) is 5.32 Å². The van der Waals surface area contributed by atoms with Crippen LogP contribution in [-0.2, 0) is 6.54 Å². The highest BCUT2D eigenvalue weighted by molar-refractivity contribution is 6.30. The molecule has 20 heavy (non-hydrogen) atoms. The normalized spacial score (nSPS) is 21.5. The van der Waals surface area contributed by atoms with E-state index in [-0.39, 0.29) is 0 Å². The molecule has 2 aromatic carbocycles. The van der Waals surface area contributed by atoms with Crippen LogP contribution in [0.25, 0.3) is 0 Å². The summed E-state index contributed by atoms with van der Waals surface area (Å²) in [7, 11) is 0. The molecule has 1 aliphatic carbocycles. The number of rotatable bonds is 4. The lowest BCUT2D eigenvalue weighted by Gasteiger charge is -2.36. The van der Waals surface area contributed by atoms with E-state index in [4.69, 9.17) is 11.6 Å². The van der Waals surface area contributed by atoms with Crippen LogP contribution in [0.2, 0.25) is 5.02 Å². The molecule has 0 bridgehead atoms. The molecule has 1 saturated carbocycles. The smallest absolute Gasteiger partial charge is 0.0406 e. The highest BCUT2D eigenvalue weighted by atomic mass is 35.5. The zero-order valence-corrected chi connectivity index (χ0v) is 12.5. The van der Waals surface area contributed by atoms with Gasteiger partial charge in [-0.25, -0.2) is 0 Å². The molecule has 2 heteroatoms. The third kappa shape index (κ3) is 3.23. The number of aryl methyl sites for hydroxylation is 1. The van der Waals surface area contributed by atoms with Crippen LogP contribution in [0.3, 0.4) is 0 Å². The number of hydrogen-bond donors (Lipinski definition) is 1. The van der Waals surface area contributed by atoms with Gasteiger partial charge in [0, 0.05) is 17.6 Å². The van der Waals surface area contributed by atoms with Gasteiger partial charge < -0.3 is 5.32 Å². The van der Waals surface area contributed by atoms with Crippen LogP contribution < -0.4 is 5.32 Å². The summed E-state index contributed by atoms with van der Waals surface area (Å²) in [5.74, 6) is 0.735. The molecule has 1 fully saturated rings. The summed E-state index contributed by atoms with van der Waals surface area (Å²) in [6.45, 7) is 3.07. The van der Waals surface area contributed by atoms with Gasteiger partial charge in [-0.15, -0.1) is 0 Å². The molecule has 0 unspecified atom stereocenters. The van der Waals surface area contributed by atoms with Crippen molar-refractivity contribution in [2.45, 2.75) is 38.3 Å². The van der Waals surface area contributed by atoms with E-state index in [0.29, 0.717) is 6.04 Å². The third-order valence-corrected chi connectivity index (χ3v) is 4.45. The van der Waals surface area contributed by atoms with Crippen molar-refractivity contribution in [2.75, 3.05) is 0 Å². The Morgan fingerprint density at radius 2 is 1.65 bits per heavy atom. The maximum Gasteiger partial charge on any atom is 0.0406 e. The number of hydrogen-bond acceptors (Lipinski definition) is 1. The fourth-order valence-electron chi connectivity index (χ4n) is 2.76. The standard InChI is InChI=1S/C18H20ClN/c1-13-2-6-15(7-3-13)16-10-18(11-16)20-12-14-4-8-17(19)9-5-14/h2-9,16,18,20H,10-12H2,1H3. The van der Waals surface area contributed by atoms with Gasteiger partial charge in [0.15, 0.2) is 0 Å². The number of halogens is 1. The topological polar surface area (TPSA) is 12.0 Å². The first-order chi connectivity index (χ1) is 9.70. The van der Waals surface area contributed by atoms with Crippen molar-refractivity contribution in [3.8, 4) is 0 Å². The minimum Gasteiger partial charge on any atom is -0.310 e. The molecule has 0 radical (unpaired) electrons. The van der Waals surface area contributed by atoms with Crippen LogP contribution in [0.4, 0.5) is 0 Å². The summed E-state index contributed by atoms with van der Waals surface area (Å²) in [5.41, 5.74) is 4.12. The monoisotopic (exact) mass is 285 g/mol. The van der Waals surface area contributed by atoms with E-state index in [1.165, 1.54) is 29.5 Å². The highest BCUT2D eigenvalue weighted by Gasteiger charge is 2.29. The molecule has 2 aromatic rings. The van der Waals surface area contributed by atoms with Gasteiger partial charge in [0.1, 0.15) is 0 Å². The minimum atomic E-state index is 0.650. The van der Waals surface area contributed by atoms with Gasteiger partial charge in [0.2, 0.25) is 0 Å². The molecule has 104 valence electrons. The fraction of sp³-hybridized carbons (Fsp3) is 0.333. The minimum absolute atomic E-state index is 0.650. The lowest BCUT2D eigenvalue weighted by molar-refractivity contribution is 0.289. The van der Waals surface area contributed by atoms with Gasteiger partial charge in [-0.05, 0) is 48.9 Å². The maximum absolute atomic E-state index is 5.89. The first-order valence-electron chi connectivity index (χ1n) is 7.25. The average molecular weight is 286 g/mol. The van der Waals surface area contributed by atoms with Crippen LogP contribution in [0, 0.1) is 6.92 Å². The summed E-state index contributed by atoms with van der Waals surface area (Å²) in [6, 6.07) is 17.7. The van der Waals surface area contributed by atoms with Crippen LogP contribution in [-0.4, -0.2) is 6.04 Å². The third-order valence-electron chi connectivity index (χ3n) is 4.19. The first kappa shape index (κ1) is 13.7. The Hall–Kier alpha value is -1.31. The molecule has 0 saturated heterocycles. The van der Waals surface area contributed by atoms with E-state index in [0.717, 1.165) is 17.5 Å². The Morgan fingerprint density at radius 3 is 2.30 bits per heavy atom. The van der Waals surface area contributed by atoms with Crippen molar-refractivity contribution >= 4 is 11.6 Å². The predicted molar refractivity (Wildman–Crippen MR) is 85.2 cm³/mol. The molecule has 1 N–H and O–H groups in total. The average Bonchev–Trinajstić information content (AvgIpc) is 2.41. The van der Waals surface area contributed by atoms with E-state index < -0.39 is 0 Å². The molecular formula is C18H20ClN. The molecule has 0 spiro atoms. The second kappa shape index (κ2) is 5.99. The summed E-state index contributed by atoms with van der Waals surface area (Å²) in [5, 5.41) is 4.43. The Balaban J connectivity index is 1.46. The SMILES string of the molecule is Cc1ccc(C2CC(NCc3ccc(Cl)cc3)C2)cc1. The maximum atomic E-state index is 5.89. The van der Waals surface area contributed by atoms with Gasteiger partial charge in [-0.1, -0.05) is 53.6 Å². The van der Waals surface area contributed by atoms with E-state index >= 15 is 0 Å². The van der Waals surface area contributed by atoms with Crippen molar-refractivity contribution in [3.63, 3.8) is 0 Å². The summed E-state index contributed by atoms with van der Waals surface area (Å²) >= 11 is 5.89. The van der Waals surface area contributed by atoms with Crippen LogP contribution in [0.1, 0.15) is 35.4 Å². The fourth-order valence-corrected chi connectivity index (χ4v) is 2.89. The Morgan fingerprint density at radius 1 is 1.00 bits per heavy atom. The molecule has 0 amide bonds. The van der Waals surface area contributed by atoms with Crippen molar-refractivity contribution < 1.29 is 0 Å². The van der Waals surface area contributed by atoms with Crippen LogP contribution in [0.5, 0.6) is 0 Å². The molecule has 0 aromatic heterocycles. The van der Waals surface area contributed by atoms with E-state index in [1.54, 1.807) is 0 Å². The molecule has 1 aliphatic rings. The summed E-state index contributed by atoms with van der Waals surface area (Å²) in [4.78, 5) is 0. The molecule has 1 nitrogen and oxygen atoms in total. The quantitative estimate of drug-likeness (QED) is 0.860. The van der Waals surface area contributed by atoms with Crippen LogP contribution >= 0.6 is 11.6 Å². The predicted octanol–water partition coefficient (Wildman–Crippen LogP) is 4.68. The van der Waals surface area contributed by atoms with E-state index in [1.807, 2.05) is 12.1 Å². The Kier molecular flexibility index (Phi) is 4.09. The van der Waals surface area contributed by atoms with Gasteiger partial charge in [0.25, 0.3) is 0 Å². The molecule has 0 heterocycles. The molecule has 0 atom stereocenters. The molecular weight excluding hydrogens is 266 g/mol. The Bertz CT molecular complexity index is 550. The van der Waals surface area contributed by atoms with Gasteiger partial charge in [-0.2, -0.15) is 0 Å². The second-order valence-electron chi connectivity index (χ2n) is 5.78. The first-order valence-corrected chi connectivity index (χ1v) is 7.63. The molecule has 0 aliphatic heterocycles. The van der Waals surface area contributed by atoms with E-state index in [9.17, 15) is 0 Å². The van der Waals surface area contributed by atoms with Gasteiger partial charge in [0.05, 0.1) is 0 Å². The van der Waals surface area contributed by atoms with Crippen molar-refractivity contribution in [3.05, 3.63) is 70.2 Å². The van der Waals surface area contributed by atoms with Gasteiger partial charge in [-0.3, -0.25) is 0 Å². The lowest BCUT2D eigenvalue weighted by atomic mass is 9.75. The molecule has 3 rings (SSSR count). The zero-order valence-electron chi connectivity index (χ0n) is 11.8. The van der Waals surface area contributed by atoms with Crippen molar-refractivity contribution in [2.24, 2.45) is 0 Å². The van der Waals surface area contributed by atoms with Crippen LogP contribution in [0.15, 0.2) is 48.5 Å². The highest BCUT2D eigenvalue weighted by Crippen LogP contribution is 2.37. The largest absolute Gasteiger partial charge is 0.310 e. The van der Waals surface area contributed by atoms with E-state index in [2.05, 4.69) is 48.6 Å². The summed E-state index contributed by atoms with van der Waals surface area (Å²) < 4.78 is 0. The second-order valence-corrected chi connectivity index (χ2v) is 6.22.